The van der Waals surface area contributed by atoms with E-state index in [0.717, 1.165) is 31.2 Å². The quantitative estimate of drug-likeness (QED) is 0.802. The summed E-state index contributed by atoms with van der Waals surface area (Å²) < 4.78 is 19.1. The Morgan fingerprint density at radius 3 is 2.67 bits per heavy atom. The Balaban J connectivity index is 1.51. The van der Waals surface area contributed by atoms with Crippen molar-refractivity contribution >= 4 is 11.8 Å². The first-order chi connectivity index (χ1) is 14.5. The summed E-state index contributed by atoms with van der Waals surface area (Å²) in [6.45, 7) is 3.11. The summed E-state index contributed by atoms with van der Waals surface area (Å²) in [6, 6.07) is 8.72. The molecular weight excluding hydrogens is 383 g/mol. The van der Waals surface area contributed by atoms with Crippen LogP contribution >= 0.6 is 0 Å². The molecule has 1 N–H and O–H groups in total. The van der Waals surface area contributed by atoms with E-state index >= 15 is 0 Å². The number of rotatable bonds is 5. The maximum atomic E-state index is 13.8. The lowest BCUT2D eigenvalue weighted by Crippen LogP contribution is -2.49. The van der Waals surface area contributed by atoms with Crippen molar-refractivity contribution in [2.45, 2.75) is 51.5 Å². The zero-order chi connectivity index (χ0) is 21.1. The van der Waals surface area contributed by atoms with Crippen molar-refractivity contribution in [2.24, 2.45) is 11.8 Å². The molecule has 6 heteroatoms. The summed E-state index contributed by atoms with van der Waals surface area (Å²) in [5, 5.41) is 2.95. The van der Waals surface area contributed by atoms with E-state index in [9.17, 15) is 14.0 Å². The largest absolute Gasteiger partial charge is 0.467 e. The lowest BCUT2D eigenvalue weighted by atomic mass is 9.83. The molecule has 2 atom stereocenters. The van der Waals surface area contributed by atoms with Crippen LogP contribution < -0.4 is 5.32 Å². The van der Waals surface area contributed by atoms with Crippen LogP contribution in [-0.2, 0) is 16.1 Å². The zero-order valence-electron chi connectivity index (χ0n) is 17.4. The van der Waals surface area contributed by atoms with Gasteiger partial charge in [-0.3, -0.25) is 9.59 Å². The maximum absolute atomic E-state index is 13.8. The molecule has 0 bridgehead atoms. The monoisotopic (exact) mass is 412 g/mol. The second kappa shape index (κ2) is 9.02. The van der Waals surface area contributed by atoms with Crippen molar-refractivity contribution in [2.75, 3.05) is 13.1 Å². The van der Waals surface area contributed by atoms with Gasteiger partial charge in [-0.15, -0.1) is 0 Å². The molecule has 1 saturated carbocycles. The fourth-order valence-electron chi connectivity index (χ4n) is 4.80. The highest BCUT2D eigenvalue weighted by atomic mass is 19.1. The first-order valence-corrected chi connectivity index (χ1v) is 10.9. The van der Waals surface area contributed by atoms with Crippen molar-refractivity contribution < 1.29 is 18.4 Å². The van der Waals surface area contributed by atoms with Gasteiger partial charge in [-0.1, -0.05) is 25.0 Å². The number of hydrogen-bond acceptors (Lipinski definition) is 3. The van der Waals surface area contributed by atoms with Gasteiger partial charge in [0, 0.05) is 24.9 Å². The number of likely N-dealkylation sites (tertiary alicyclic amines) is 1. The van der Waals surface area contributed by atoms with Gasteiger partial charge in [-0.05, 0) is 55.5 Å². The number of aryl methyl sites for hydroxylation is 1. The second-order valence-electron chi connectivity index (χ2n) is 8.66. The summed E-state index contributed by atoms with van der Waals surface area (Å²) in [7, 11) is 0. The molecule has 2 aliphatic rings. The summed E-state index contributed by atoms with van der Waals surface area (Å²) in [4.78, 5) is 27.9. The first-order valence-electron chi connectivity index (χ1n) is 10.9. The number of nitrogens with zero attached hydrogens (tertiary/aromatic N) is 1. The average Bonchev–Trinajstić information content (AvgIpc) is 3.47. The molecule has 4 rings (SSSR count). The smallest absolute Gasteiger partial charge is 0.225 e. The molecule has 2 aromatic rings. The maximum Gasteiger partial charge on any atom is 0.225 e. The predicted molar refractivity (Wildman–Crippen MR) is 111 cm³/mol. The molecule has 0 radical (unpaired) electrons. The van der Waals surface area contributed by atoms with Crippen molar-refractivity contribution in [3.63, 3.8) is 0 Å². The van der Waals surface area contributed by atoms with Gasteiger partial charge in [-0.2, -0.15) is 0 Å². The minimum atomic E-state index is -0.297. The Bertz CT molecular complexity index is 890. The van der Waals surface area contributed by atoms with E-state index in [0.29, 0.717) is 37.4 Å². The normalized spacial score (nSPS) is 22.3. The van der Waals surface area contributed by atoms with E-state index in [4.69, 9.17) is 4.42 Å². The summed E-state index contributed by atoms with van der Waals surface area (Å²) in [5.74, 6) is 0.353. The van der Waals surface area contributed by atoms with Crippen molar-refractivity contribution in [1.82, 2.24) is 10.2 Å². The molecule has 2 amide bonds. The molecule has 5 nitrogen and oxygen atoms in total. The van der Waals surface area contributed by atoms with E-state index in [1.54, 1.807) is 25.3 Å². The summed E-state index contributed by atoms with van der Waals surface area (Å²) in [5.41, 5.74) is 1.58. The third-order valence-corrected chi connectivity index (χ3v) is 6.51. The van der Waals surface area contributed by atoms with Gasteiger partial charge < -0.3 is 14.6 Å². The Morgan fingerprint density at radius 2 is 1.97 bits per heavy atom. The highest BCUT2D eigenvalue weighted by Crippen LogP contribution is 2.34. The lowest BCUT2D eigenvalue weighted by Gasteiger charge is -2.38. The Hall–Kier alpha value is -2.63. The van der Waals surface area contributed by atoms with Crippen LogP contribution in [0.4, 0.5) is 4.39 Å². The van der Waals surface area contributed by atoms with Crippen LogP contribution in [0.3, 0.4) is 0 Å². The Kier molecular flexibility index (Phi) is 6.21. The number of piperidine rings is 1. The number of nitrogens with one attached hydrogen (secondary N) is 1. The summed E-state index contributed by atoms with van der Waals surface area (Å²) >= 11 is 0. The van der Waals surface area contributed by atoms with Gasteiger partial charge in [0.15, 0.2) is 0 Å². The molecule has 1 aliphatic carbocycles. The van der Waals surface area contributed by atoms with E-state index in [1.807, 2.05) is 17.0 Å². The number of furan rings is 1. The van der Waals surface area contributed by atoms with Crippen LogP contribution in [0.25, 0.3) is 0 Å². The number of carbonyl (C=O) groups is 2. The van der Waals surface area contributed by atoms with Crippen LogP contribution in [0.5, 0.6) is 0 Å². The molecule has 1 saturated heterocycles. The first kappa shape index (κ1) is 20.6. The Morgan fingerprint density at radius 1 is 1.17 bits per heavy atom. The van der Waals surface area contributed by atoms with Gasteiger partial charge in [-0.25, -0.2) is 4.39 Å². The van der Waals surface area contributed by atoms with Crippen LogP contribution in [0.1, 0.15) is 54.9 Å². The van der Waals surface area contributed by atoms with Crippen molar-refractivity contribution in [3.05, 3.63) is 59.3 Å². The van der Waals surface area contributed by atoms with E-state index in [1.165, 1.54) is 6.07 Å². The molecular formula is C24H29FN2O3. The molecule has 1 aliphatic heterocycles. The van der Waals surface area contributed by atoms with Crippen molar-refractivity contribution in [1.29, 1.82) is 0 Å². The summed E-state index contributed by atoms with van der Waals surface area (Å²) in [6.07, 6.45) is 6.28. The topological polar surface area (TPSA) is 62.6 Å². The molecule has 1 aromatic heterocycles. The van der Waals surface area contributed by atoms with Crippen LogP contribution in [-0.4, -0.2) is 29.8 Å². The van der Waals surface area contributed by atoms with Gasteiger partial charge in [0.1, 0.15) is 11.6 Å². The molecule has 1 aromatic carbocycles. The minimum Gasteiger partial charge on any atom is -0.467 e. The molecule has 0 spiro atoms. The number of carbonyl (C=O) groups excluding carboxylic acids is 2. The van der Waals surface area contributed by atoms with Crippen LogP contribution in [0.2, 0.25) is 0 Å². The number of benzene rings is 1. The third kappa shape index (κ3) is 4.58. The van der Waals surface area contributed by atoms with E-state index in [2.05, 4.69) is 5.32 Å². The fourth-order valence-corrected chi connectivity index (χ4v) is 4.80. The Labute approximate surface area is 176 Å². The molecule has 2 fully saturated rings. The standard InChI is InChI=1S/C24H29FN2O3/c1-16-11-18(8-9-22(16)25)19-12-20(23(28)26-13-21-7-4-10-30-21)15-27(14-19)24(29)17-5-2-3-6-17/h4,7-11,17,19-20H,2-3,5-6,12-15H2,1H3,(H,26,28)/t19-,20-/m1/s1. The van der Waals surface area contributed by atoms with E-state index in [-0.39, 0.29) is 35.4 Å². The van der Waals surface area contributed by atoms with Gasteiger partial charge >= 0.3 is 0 Å². The van der Waals surface area contributed by atoms with Gasteiger partial charge in [0.05, 0.1) is 18.7 Å². The minimum absolute atomic E-state index is 0.0164. The molecule has 30 heavy (non-hydrogen) atoms. The molecule has 0 unspecified atom stereocenters. The SMILES string of the molecule is Cc1cc([C@@H]2C[C@@H](C(=O)NCc3ccco3)CN(C(=O)C3CCCC3)C2)ccc1F. The van der Waals surface area contributed by atoms with Crippen LogP contribution in [0, 0.1) is 24.6 Å². The van der Waals surface area contributed by atoms with E-state index < -0.39 is 0 Å². The molecule has 2 heterocycles. The number of hydrogen-bond donors (Lipinski definition) is 1. The molecule has 160 valence electrons. The average molecular weight is 413 g/mol. The zero-order valence-corrected chi connectivity index (χ0v) is 17.4. The fraction of sp³-hybridized carbons (Fsp3) is 0.500. The number of halogens is 1. The van der Waals surface area contributed by atoms with Gasteiger partial charge in [0.2, 0.25) is 11.8 Å². The lowest BCUT2D eigenvalue weighted by molar-refractivity contribution is -0.139. The highest BCUT2D eigenvalue weighted by molar-refractivity contribution is 5.82. The highest BCUT2D eigenvalue weighted by Gasteiger charge is 2.37. The number of amides is 2. The second-order valence-corrected chi connectivity index (χ2v) is 8.66. The third-order valence-electron chi connectivity index (χ3n) is 6.51. The van der Waals surface area contributed by atoms with Gasteiger partial charge in [0.25, 0.3) is 0 Å². The van der Waals surface area contributed by atoms with Crippen molar-refractivity contribution in [3.8, 4) is 0 Å². The predicted octanol–water partition coefficient (Wildman–Crippen LogP) is 4.17. The van der Waals surface area contributed by atoms with Crippen LogP contribution in [0.15, 0.2) is 41.0 Å².